The van der Waals surface area contributed by atoms with Crippen molar-refractivity contribution in [2.45, 2.75) is 36.6 Å². The summed E-state index contributed by atoms with van der Waals surface area (Å²) >= 11 is 1.41. The zero-order valence-corrected chi connectivity index (χ0v) is 11.0. The number of carbonyl (C=O) groups excluding carboxylic acids is 1. The fraction of sp³-hybridized carbons (Fsp3) is 0.800. The van der Waals surface area contributed by atoms with Crippen LogP contribution in [0.5, 0.6) is 0 Å². The molecule has 1 aromatic rings. The van der Waals surface area contributed by atoms with Crippen molar-refractivity contribution >= 4 is 17.7 Å². The molecule has 7 heteroatoms. The number of hydrogen-bond donors (Lipinski definition) is 0. The standard InChI is InChI=1S/C10H17N5OS/c1-8(17-10-11-12-13-14(10)2)9(16)15-6-4-3-5-7-15/h8H,3-7H2,1-2H3. The highest BCUT2D eigenvalue weighted by Gasteiger charge is 2.24. The Morgan fingerprint density at radius 3 is 2.65 bits per heavy atom. The normalized spacial score (nSPS) is 18.1. The van der Waals surface area contributed by atoms with E-state index >= 15 is 0 Å². The van der Waals surface area contributed by atoms with Gasteiger partial charge in [-0.25, -0.2) is 4.68 Å². The Morgan fingerprint density at radius 2 is 2.06 bits per heavy atom. The van der Waals surface area contributed by atoms with Crippen molar-refractivity contribution in [3.8, 4) is 0 Å². The smallest absolute Gasteiger partial charge is 0.235 e. The Labute approximate surface area is 105 Å². The summed E-state index contributed by atoms with van der Waals surface area (Å²) in [5, 5.41) is 11.7. The van der Waals surface area contributed by atoms with E-state index in [-0.39, 0.29) is 11.2 Å². The van der Waals surface area contributed by atoms with Gasteiger partial charge in [0.1, 0.15) is 0 Å². The van der Waals surface area contributed by atoms with E-state index in [2.05, 4.69) is 15.5 Å². The van der Waals surface area contributed by atoms with Gasteiger partial charge in [0, 0.05) is 20.1 Å². The molecule has 1 atom stereocenters. The van der Waals surface area contributed by atoms with Crippen molar-refractivity contribution in [2.75, 3.05) is 13.1 Å². The summed E-state index contributed by atoms with van der Waals surface area (Å²) in [6.07, 6.45) is 3.47. The number of aryl methyl sites for hydroxylation is 1. The molecule has 0 bridgehead atoms. The maximum absolute atomic E-state index is 12.2. The molecule has 2 rings (SSSR count). The molecule has 1 aromatic heterocycles. The van der Waals surface area contributed by atoms with E-state index in [1.54, 1.807) is 11.7 Å². The number of nitrogens with zero attached hydrogens (tertiary/aromatic N) is 5. The molecule has 1 fully saturated rings. The molecular formula is C10H17N5OS. The van der Waals surface area contributed by atoms with Crippen LogP contribution >= 0.6 is 11.8 Å². The van der Waals surface area contributed by atoms with E-state index in [1.807, 2.05) is 11.8 Å². The lowest BCUT2D eigenvalue weighted by atomic mass is 10.1. The molecule has 0 aliphatic carbocycles. The Kier molecular flexibility index (Phi) is 3.98. The van der Waals surface area contributed by atoms with Crippen molar-refractivity contribution in [3.63, 3.8) is 0 Å². The third kappa shape index (κ3) is 2.96. The van der Waals surface area contributed by atoms with Gasteiger partial charge in [-0.2, -0.15) is 0 Å². The number of thioether (sulfide) groups is 1. The number of tetrazole rings is 1. The number of aromatic nitrogens is 4. The molecule has 0 radical (unpaired) electrons. The minimum atomic E-state index is -0.127. The molecule has 1 amide bonds. The SMILES string of the molecule is CC(Sc1nnnn1C)C(=O)N1CCCCC1. The highest BCUT2D eigenvalue weighted by Crippen LogP contribution is 2.22. The number of amides is 1. The van der Waals surface area contributed by atoms with Crippen LogP contribution in [0.15, 0.2) is 5.16 Å². The average Bonchev–Trinajstić information content (AvgIpc) is 2.75. The van der Waals surface area contributed by atoms with E-state index in [1.165, 1.54) is 18.2 Å². The summed E-state index contributed by atoms with van der Waals surface area (Å²) in [5.74, 6) is 0.192. The second-order valence-corrected chi connectivity index (χ2v) is 5.54. The highest BCUT2D eigenvalue weighted by molar-refractivity contribution is 8.00. The van der Waals surface area contributed by atoms with Crippen LogP contribution < -0.4 is 0 Å². The van der Waals surface area contributed by atoms with Gasteiger partial charge < -0.3 is 4.90 Å². The van der Waals surface area contributed by atoms with Gasteiger partial charge in [0.2, 0.25) is 11.1 Å². The maximum atomic E-state index is 12.2. The van der Waals surface area contributed by atoms with Gasteiger partial charge in [-0.15, -0.1) is 5.10 Å². The minimum Gasteiger partial charge on any atom is -0.342 e. The Hall–Kier alpha value is -1.11. The molecule has 1 unspecified atom stereocenters. The third-order valence-electron chi connectivity index (χ3n) is 2.88. The molecule has 0 saturated carbocycles. The molecule has 0 N–H and O–H groups in total. The quantitative estimate of drug-likeness (QED) is 0.744. The second kappa shape index (κ2) is 5.48. The average molecular weight is 255 g/mol. The van der Waals surface area contributed by atoms with Crippen molar-refractivity contribution in [1.82, 2.24) is 25.1 Å². The van der Waals surface area contributed by atoms with Crippen molar-refractivity contribution in [3.05, 3.63) is 0 Å². The van der Waals surface area contributed by atoms with Crippen molar-refractivity contribution in [2.24, 2.45) is 7.05 Å². The first-order valence-corrected chi connectivity index (χ1v) is 6.74. The fourth-order valence-corrected chi connectivity index (χ4v) is 2.74. The number of hydrogen-bond acceptors (Lipinski definition) is 5. The van der Waals surface area contributed by atoms with E-state index < -0.39 is 0 Å². The van der Waals surface area contributed by atoms with Gasteiger partial charge in [0.15, 0.2) is 0 Å². The molecule has 2 heterocycles. The molecule has 6 nitrogen and oxygen atoms in total. The van der Waals surface area contributed by atoms with Gasteiger partial charge >= 0.3 is 0 Å². The van der Waals surface area contributed by atoms with Crippen LogP contribution in [0.2, 0.25) is 0 Å². The predicted molar refractivity (Wildman–Crippen MR) is 64.5 cm³/mol. The van der Waals surface area contributed by atoms with Gasteiger partial charge in [-0.1, -0.05) is 11.8 Å². The molecule has 0 spiro atoms. The largest absolute Gasteiger partial charge is 0.342 e. The van der Waals surface area contributed by atoms with E-state index in [0.29, 0.717) is 5.16 Å². The lowest BCUT2D eigenvalue weighted by molar-refractivity contribution is -0.131. The van der Waals surface area contributed by atoms with Crippen LogP contribution in [0.25, 0.3) is 0 Å². The predicted octanol–water partition coefficient (Wildman–Crippen LogP) is 0.703. The first-order chi connectivity index (χ1) is 8.18. The Bertz CT molecular complexity index is 388. The number of piperidine rings is 1. The summed E-state index contributed by atoms with van der Waals surface area (Å²) in [5.41, 5.74) is 0. The van der Waals surface area contributed by atoms with E-state index in [9.17, 15) is 4.79 Å². The Balaban J connectivity index is 1.93. The number of rotatable bonds is 3. The fourth-order valence-electron chi connectivity index (χ4n) is 1.90. The van der Waals surface area contributed by atoms with Crippen LogP contribution in [0.4, 0.5) is 0 Å². The van der Waals surface area contributed by atoms with Crippen LogP contribution in [0.3, 0.4) is 0 Å². The first kappa shape index (κ1) is 12.3. The van der Waals surface area contributed by atoms with Gasteiger partial charge in [0.25, 0.3) is 0 Å². The summed E-state index contributed by atoms with van der Waals surface area (Å²) < 4.78 is 1.59. The Morgan fingerprint density at radius 1 is 1.35 bits per heavy atom. The maximum Gasteiger partial charge on any atom is 0.235 e. The molecule has 94 valence electrons. The number of likely N-dealkylation sites (tertiary alicyclic amines) is 1. The zero-order chi connectivity index (χ0) is 12.3. The van der Waals surface area contributed by atoms with Crippen LogP contribution in [0, 0.1) is 0 Å². The third-order valence-corrected chi connectivity index (χ3v) is 3.99. The monoisotopic (exact) mass is 255 g/mol. The van der Waals surface area contributed by atoms with Crippen LogP contribution in [-0.2, 0) is 11.8 Å². The molecule has 0 aromatic carbocycles. The molecular weight excluding hydrogens is 238 g/mol. The molecule has 1 aliphatic heterocycles. The van der Waals surface area contributed by atoms with Crippen molar-refractivity contribution in [1.29, 1.82) is 0 Å². The van der Waals surface area contributed by atoms with E-state index in [4.69, 9.17) is 0 Å². The number of carbonyl (C=O) groups is 1. The van der Waals surface area contributed by atoms with Gasteiger partial charge in [-0.3, -0.25) is 4.79 Å². The first-order valence-electron chi connectivity index (χ1n) is 5.86. The second-order valence-electron chi connectivity index (χ2n) is 4.23. The summed E-state index contributed by atoms with van der Waals surface area (Å²) in [4.78, 5) is 14.1. The zero-order valence-electron chi connectivity index (χ0n) is 10.2. The lowest BCUT2D eigenvalue weighted by Crippen LogP contribution is -2.40. The molecule has 1 saturated heterocycles. The van der Waals surface area contributed by atoms with Gasteiger partial charge in [-0.05, 0) is 36.6 Å². The summed E-state index contributed by atoms with van der Waals surface area (Å²) in [6, 6.07) is 0. The summed E-state index contributed by atoms with van der Waals surface area (Å²) in [7, 11) is 1.78. The molecule has 17 heavy (non-hydrogen) atoms. The summed E-state index contributed by atoms with van der Waals surface area (Å²) in [6.45, 7) is 3.69. The topological polar surface area (TPSA) is 63.9 Å². The van der Waals surface area contributed by atoms with Gasteiger partial charge in [0.05, 0.1) is 5.25 Å². The lowest BCUT2D eigenvalue weighted by Gasteiger charge is -2.28. The van der Waals surface area contributed by atoms with Crippen LogP contribution in [-0.4, -0.2) is 49.4 Å². The minimum absolute atomic E-state index is 0.127. The van der Waals surface area contributed by atoms with Crippen molar-refractivity contribution < 1.29 is 4.79 Å². The highest BCUT2D eigenvalue weighted by atomic mass is 32.2. The van der Waals surface area contributed by atoms with E-state index in [0.717, 1.165) is 25.9 Å². The van der Waals surface area contributed by atoms with Crippen LogP contribution in [0.1, 0.15) is 26.2 Å². The molecule has 1 aliphatic rings.